The third-order valence-electron chi connectivity index (χ3n) is 7.35. The third kappa shape index (κ3) is 8.14. The van der Waals surface area contributed by atoms with Gasteiger partial charge in [-0.25, -0.2) is 0 Å². The fourth-order valence-corrected chi connectivity index (χ4v) is 5.31. The lowest BCUT2D eigenvalue weighted by Gasteiger charge is -2.32. The second-order valence-corrected chi connectivity index (χ2v) is 10.3. The number of hydrogen-bond donors (Lipinski definition) is 1. The van der Waals surface area contributed by atoms with E-state index < -0.39 is 6.10 Å². The van der Waals surface area contributed by atoms with Gasteiger partial charge in [0.2, 0.25) is 5.88 Å². The number of anilines is 1. The maximum atomic E-state index is 10.9. The third-order valence-corrected chi connectivity index (χ3v) is 7.35. The lowest BCUT2D eigenvalue weighted by molar-refractivity contribution is 0.00740. The molecule has 206 valence electrons. The Morgan fingerprint density at radius 2 is 1.74 bits per heavy atom. The van der Waals surface area contributed by atoms with Gasteiger partial charge in [-0.05, 0) is 24.8 Å². The number of methoxy groups -OCH3 is 1. The molecule has 1 saturated carbocycles. The van der Waals surface area contributed by atoms with E-state index in [2.05, 4.69) is 34.1 Å². The molecule has 4 rings (SSSR count). The number of aliphatic hydroxyl groups excluding tert-OH is 1. The molecule has 7 nitrogen and oxygen atoms in total. The molecular formula is C31H43N3O4. The highest BCUT2D eigenvalue weighted by molar-refractivity contribution is 5.68. The van der Waals surface area contributed by atoms with E-state index in [9.17, 15) is 5.11 Å². The van der Waals surface area contributed by atoms with Gasteiger partial charge in [-0.15, -0.1) is 0 Å². The summed E-state index contributed by atoms with van der Waals surface area (Å²) in [7, 11) is 3.86. The first-order valence-electron chi connectivity index (χ1n) is 13.9. The number of rotatable bonds is 15. The molecule has 0 saturated heterocycles. The van der Waals surface area contributed by atoms with Crippen LogP contribution < -0.4 is 4.90 Å². The molecule has 38 heavy (non-hydrogen) atoms. The first-order chi connectivity index (χ1) is 18.7. The molecule has 2 aromatic carbocycles. The highest BCUT2D eigenvalue weighted by atomic mass is 16.5. The topological polar surface area (TPSA) is 71.2 Å². The maximum absolute atomic E-state index is 10.9. The fourth-order valence-electron chi connectivity index (χ4n) is 5.31. The lowest BCUT2D eigenvalue weighted by Crippen LogP contribution is -2.37. The molecule has 1 N–H and O–H groups in total. The second kappa shape index (κ2) is 15.0. The van der Waals surface area contributed by atoms with Crippen molar-refractivity contribution in [2.45, 2.75) is 63.8 Å². The minimum Gasteiger partial charge on any atom is -0.389 e. The monoisotopic (exact) mass is 521 g/mol. The molecule has 1 aromatic heterocycles. The summed E-state index contributed by atoms with van der Waals surface area (Å²) in [6.45, 7) is 3.34. The fraction of sp³-hybridized carbons (Fsp3) is 0.516. The molecule has 0 aliphatic heterocycles. The number of aliphatic hydroxyl groups is 1. The Labute approximate surface area is 227 Å². The molecule has 1 fully saturated rings. The molecule has 1 atom stereocenters. The average Bonchev–Trinajstić information content (AvgIpc) is 3.37. The number of hydrogen-bond acceptors (Lipinski definition) is 7. The quantitative estimate of drug-likeness (QED) is 0.264. The molecule has 0 bridgehead atoms. The minimum absolute atomic E-state index is 0.277. The van der Waals surface area contributed by atoms with Crippen LogP contribution in [0.1, 0.15) is 49.7 Å². The van der Waals surface area contributed by atoms with Crippen molar-refractivity contribution < 1.29 is 19.1 Å². The van der Waals surface area contributed by atoms with Crippen molar-refractivity contribution in [3.05, 3.63) is 71.8 Å². The van der Waals surface area contributed by atoms with E-state index in [4.69, 9.17) is 14.0 Å². The van der Waals surface area contributed by atoms with Crippen molar-refractivity contribution in [3.8, 4) is 11.3 Å². The summed E-state index contributed by atoms with van der Waals surface area (Å²) in [6.07, 6.45) is 6.41. The van der Waals surface area contributed by atoms with Crippen molar-refractivity contribution in [2.75, 3.05) is 45.4 Å². The zero-order valence-electron chi connectivity index (χ0n) is 22.9. The molecule has 3 aromatic rings. The SMILES string of the molecule is COCCCN(Cc1c(-c2ccccc2)noc1N(C)C1CCCCC1)CC(O)COCc1ccccc1. The van der Waals surface area contributed by atoms with Crippen LogP contribution in [-0.2, 0) is 22.6 Å². The average molecular weight is 522 g/mol. The Balaban J connectivity index is 1.50. The molecule has 1 heterocycles. The van der Waals surface area contributed by atoms with E-state index in [-0.39, 0.29) is 6.61 Å². The van der Waals surface area contributed by atoms with Crippen molar-refractivity contribution in [1.82, 2.24) is 10.1 Å². The van der Waals surface area contributed by atoms with E-state index in [1.165, 1.54) is 32.1 Å². The van der Waals surface area contributed by atoms with Gasteiger partial charge < -0.3 is 24.0 Å². The van der Waals surface area contributed by atoms with E-state index in [0.29, 0.717) is 32.3 Å². The van der Waals surface area contributed by atoms with Crippen molar-refractivity contribution >= 4 is 5.88 Å². The molecule has 0 spiro atoms. The Morgan fingerprint density at radius 1 is 1.03 bits per heavy atom. The van der Waals surface area contributed by atoms with Gasteiger partial charge in [-0.3, -0.25) is 4.90 Å². The normalized spacial score (nSPS) is 15.2. The molecule has 1 aliphatic carbocycles. The van der Waals surface area contributed by atoms with Crippen molar-refractivity contribution in [2.24, 2.45) is 0 Å². The van der Waals surface area contributed by atoms with Crippen LogP contribution in [0.5, 0.6) is 0 Å². The van der Waals surface area contributed by atoms with Gasteiger partial charge in [0.1, 0.15) is 5.69 Å². The summed E-state index contributed by atoms with van der Waals surface area (Å²) >= 11 is 0. The highest BCUT2D eigenvalue weighted by Gasteiger charge is 2.28. The van der Waals surface area contributed by atoms with Gasteiger partial charge in [0.25, 0.3) is 0 Å². The smallest absolute Gasteiger partial charge is 0.232 e. The lowest BCUT2D eigenvalue weighted by atomic mass is 9.94. The summed E-state index contributed by atoms with van der Waals surface area (Å²) in [4.78, 5) is 4.56. The van der Waals surface area contributed by atoms with Crippen LogP contribution in [0.3, 0.4) is 0 Å². The van der Waals surface area contributed by atoms with Crippen LogP contribution in [-0.4, -0.2) is 67.8 Å². The second-order valence-electron chi connectivity index (χ2n) is 10.3. The predicted molar refractivity (Wildman–Crippen MR) is 151 cm³/mol. The predicted octanol–water partition coefficient (Wildman–Crippen LogP) is 5.53. The van der Waals surface area contributed by atoms with E-state index in [0.717, 1.165) is 41.2 Å². The Hall–Kier alpha value is -2.71. The number of nitrogens with zero attached hydrogens (tertiary/aromatic N) is 3. The van der Waals surface area contributed by atoms with E-state index in [1.807, 2.05) is 48.5 Å². The molecule has 0 amide bonds. The van der Waals surface area contributed by atoms with Crippen LogP contribution in [0.2, 0.25) is 0 Å². The highest BCUT2D eigenvalue weighted by Crippen LogP contribution is 2.35. The van der Waals surface area contributed by atoms with Crippen molar-refractivity contribution in [3.63, 3.8) is 0 Å². The summed E-state index contributed by atoms with van der Waals surface area (Å²) in [6, 6.07) is 20.7. The Kier molecular flexibility index (Phi) is 11.2. The Morgan fingerprint density at radius 3 is 2.45 bits per heavy atom. The zero-order valence-corrected chi connectivity index (χ0v) is 22.9. The molecular weight excluding hydrogens is 478 g/mol. The van der Waals surface area contributed by atoms with Gasteiger partial charge >= 0.3 is 0 Å². The van der Waals surface area contributed by atoms with Crippen LogP contribution in [0, 0.1) is 0 Å². The van der Waals surface area contributed by atoms with Gasteiger partial charge in [0, 0.05) is 52.0 Å². The number of benzene rings is 2. The van der Waals surface area contributed by atoms with E-state index >= 15 is 0 Å². The first kappa shape index (κ1) is 28.3. The van der Waals surface area contributed by atoms with Crippen LogP contribution >= 0.6 is 0 Å². The molecule has 1 unspecified atom stereocenters. The largest absolute Gasteiger partial charge is 0.389 e. The summed E-state index contributed by atoms with van der Waals surface area (Å²) in [5, 5.41) is 15.5. The molecule has 7 heteroatoms. The molecule has 1 aliphatic rings. The van der Waals surface area contributed by atoms with Gasteiger partial charge in [-0.1, -0.05) is 85.1 Å². The van der Waals surface area contributed by atoms with Gasteiger partial charge in [0.15, 0.2) is 0 Å². The minimum atomic E-state index is -0.610. The van der Waals surface area contributed by atoms with Crippen LogP contribution in [0.25, 0.3) is 11.3 Å². The zero-order chi connectivity index (χ0) is 26.6. The van der Waals surface area contributed by atoms with E-state index in [1.54, 1.807) is 7.11 Å². The van der Waals surface area contributed by atoms with Crippen molar-refractivity contribution in [1.29, 1.82) is 0 Å². The summed E-state index contributed by atoms with van der Waals surface area (Å²) < 4.78 is 17.2. The van der Waals surface area contributed by atoms with Gasteiger partial charge in [-0.2, -0.15) is 0 Å². The number of ether oxygens (including phenoxy) is 2. The first-order valence-corrected chi connectivity index (χ1v) is 13.9. The number of aromatic nitrogens is 1. The molecule has 0 radical (unpaired) electrons. The standard InChI is InChI=1S/C31H43N3O4/c1-33(27-17-10-5-11-18-27)31-29(30(32-38-31)26-15-8-4-9-16-26)22-34(19-12-20-36-2)21-28(35)24-37-23-25-13-6-3-7-14-25/h3-4,6-9,13-16,27-28,35H,5,10-12,17-24H2,1-2H3. The summed E-state index contributed by atoms with van der Waals surface area (Å²) in [5.74, 6) is 0.835. The van der Waals surface area contributed by atoms with Gasteiger partial charge in [0.05, 0.1) is 24.9 Å². The van der Waals surface area contributed by atoms with Crippen LogP contribution in [0.4, 0.5) is 5.88 Å². The summed E-state index contributed by atoms with van der Waals surface area (Å²) in [5.41, 5.74) is 4.08. The van der Waals surface area contributed by atoms with Crippen LogP contribution in [0.15, 0.2) is 65.2 Å². The Bertz CT molecular complexity index is 1050. The maximum Gasteiger partial charge on any atom is 0.232 e.